The summed E-state index contributed by atoms with van der Waals surface area (Å²) in [7, 11) is 0. The van der Waals surface area contributed by atoms with Crippen LogP contribution >= 0.6 is 0 Å². The lowest BCUT2D eigenvalue weighted by molar-refractivity contribution is 0.000937. The van der Waals surface area contributed by atoms with Crippen LogP contribution in [0.25, 0.3) is 32.9 Å². The quantitative estimate of drug-likeness (QED) is 0.200. The Balaban J connectivity index is 1.22. The molecule has 13 heteroatoms. The van der Waals surface area contributed by atoms with Crippen molar-refractivity contribution in [3.8, 4) is 35.5 Å². The van der Waals surface area contributed by atoms with Crippen LogP contribution in [0.1, 0.15) is 65.4 Å². The highest BCUT2D eigenvalue weighted by Crippen LogP contribution is 2.48. The first kappa shape index (κ1) is 34.7. The fourth-order valence-corrected chi connectivity index (χ4v) is 9.66. The van der Waals surface area contributed by atoms with E-state index in [4.69, 9.17) is 30.6 Å². The standard InChI is InChI=1S/C41H41F3N6O4/c1-6-26-28(43)13-11-23-9-7-10-27(30(23)26)33-32(44)34-31-36(47-38(46-34)52-21-41-16-8-17-48(41)18-15-24(41)19-42)49-20-25-12-14-29(35(49)22(2)53-37(31)45-33)50(25)39(51)54-40(3,4)5/h1,7,9-11,13,19,22,25,29,35H,8,12,14-18,20-21H2,2-5H3/b24-19+/t22-,25+,29-,35+,41?/m0/s1. The Labute approximate surface area is 311 Å². The number of hydrogen-bond donors (Lipinski definition) is 0. The summed E-state index contributed by atoms with van der Waals surface area (Å²) in [4.78, 5) is 34.2. The first-order valence-corrected chi connectivity index (χ1v) is 18.6. The Kier molecular flexibility index (Phi) is 8.01. The van der Waals surface area contributed by atoms with Gasteiger partial charge in [-0.2, -0.15) is 9.97 Å². The zero-order valence-electron chi connectivity index (χ0n) is 30.7. The maximum Gasteiger partial charge on any atom is 0.410 e. The molecule has 4 saturated heterocycles. The molecule has 54 heavy (non-hydrogen) atoms. The lowest BCUT2D eigenvalue weighted by atomic mass is 9.90. The van der Waals surface area contributed by atoms with Crippen LogP contribution in [0.3, 0.4) is 0 Å². The van der Waals surface area contributed by atoms with Gasteiger partial charge in [-0.25, -0.2) is 22.9 Å². The van der Waals surface area contributed by atoms with Gasteiger partial charge in [0.1, 0.15) is 46.5 Å². The SMILES string of the molecule is C#Cc1c(F)ccc2cccc(-c3nc4c5c(nc(OCC67CCCN6CC/C7=C\F)nc5c3F)N3C[C@H]5CC[C@@H]([C@H]3[C@H](C)O4)N5C(=O)OC(C)(C)C)c12. The van der Waals surface area contributed by atoms with Gasteiger partial charge in [-0.15, -0.1) is 6.42 Å². The number of carbonyl (C=O) groups is 1. The van der Waals surface area contributed by atoms with E-state index in [2.05, 4.69) is 20.7 Å². The Hall–Kier alpha value is -5.09. The van der Waals surface area contributed by atoms with Gasteiger partial charge in [-0.05, 0) is 83.4 Å². The largest absolute Gasteiger partial charge is 0.472 e. The molecule has 7 heterocycles. The number of piperazine rings is 1. The van der Waals surface area contributed by atoms with E-state index < -0.39 is 41.0 Å². The molecule has 0 spiro atoms. The maximum atomic E-state index is 17.4. The number of rotatable bonds is 4. The van der Waals surface area contributed by atoms with Gasteiger partial charge in [0.2, 0.25) is 5.88 Å². The summed E-state index contributed by atoms with van der Waals surface area (Å²) < 4.78 is 65.7. The minimum Gasteiger partial charge on any atom is -0.472 e. The molecule has 5 aliphatic heterocycles. The second-order valence-corrected chi connectivity index (χ2v) is 16.1. The molecular formula is C41H41F3N6O4. The van der Waals surface area contributed by atoms with Crippen LogP contribution in [-0.2, 0) is 4.74 Å². The molecule has 2 aromatic heterocycles. The summed E-state index contributed by atoms with van der Waals surface area (Å²) in [5.41, 5.74) is -0.601. The predicted molar refractivity (Wildman–Crippen MR) is 197 cm³/mol. The summed E-state index contributed by atoms with van der Waals surface area (Å²) in [6, 6.07) is 7.04. The van der Waals surface area contributed by atoms with Gasteiger partial charge < -0.3 is 19.1 Å². The zero-order valence-corrected chi connectivity index (χ0v) is 30.7. The van der Waals surface area contributed by atoms with Crippen molar-refractivity contribution in [3.63, 3.8) is 0 Å². The Bertz CT molecular complexity index is 2310. The summed E-state index contributed by atoms with van der Waals surface area (Å²) in [5.74, 6) is 1.52. The van der Waals surface area contributed by atoms with E-state index in [9.17, 15) is 9.18 Å². The van der Waals surface area contributed by atoms with Gasteiger partial charge in [-0.3, -0.25) is 9.80 Å². The first-order valence-electron chi connectivity index (χ1n) is 18.6. The molecule has 10 nitrogen and oxygen atoms in total. The molecule has 280 valence electrons. The van der Waals surface area contributed by atoms with Crippen LogP contribution in [0.15, 0.2) is 42.2 Å². The highest BCUT2D eigenvalue weighted by Gasteiger charge is 2.54. The summed E-state index contributed by atoms with van der Waals surface area (Å²) in [5, 5.41) is 1.21. The highest BCUT2D eigenvalue weighted by atomic mass is 19.1. The molecule has 1 unspecified atom stereocenters. The average molecular weight is 739 g/mol. The Morgan fingerprint density at radius 1 is 1.13 bits per heavy atom. The normalized spacial score (nSPS) is 26.8. The third-order valence-electron chi connectivity index (χ3n) is 11.9. The van der Waals surface area contributed by atoms with Crippen molar-refractivity contribution in [2.45, 2.75) is 95.2 Å². The number of terminal acetylenes is 1. The molecule has 0 radical (unpaired) electrons. The first-order chi connectivity index (χ1) is 25.9. The molecule has 0 aliphatic carbocycles. The van der Waals surface area contributed by atoms with Crippen LogP contribution in [-0.4, -0.2) is 92.5 Å². The molecule has 5 aliphatic rings. The number of ether oxygens (including phenoxy) is 3. The fraction of sp³-hybridized carbons (Fsp3) is 0.463. The number of nitrogens with zero attached hydrogens (tertiary/aromatic N) is 6. The van der Waals surface area contributed by atoms with E-state index in [1.807, 2.05) is 32.6 Å². The number of pyridine rings is 1. The van der Waals surface area contributed by atoms with E-state index in [1.54, 1.807) is 24.3 Å². The van der Waals surface area contributed by atoms with E-state index >= 15 is 8.78 Å². The number of aromatic nitrogens is 3. The highest BCUT2D eigenvalue weighted by molar-refractivity contribution is 6.03. The molecule has 1 amide bonds. The lowest BCUT2D eigenvalue weighted by Gasteiger charge is -2.48. The van der Waals surface area contributed by atoms with Crippen molar-refractivity contribution in [2.24, 2.45) is 0 Å². The topological polar surface area (TPSA) is 93.2 Å². The van der Waals surface area contributed by atoms with Crippen molar-refractivity contribution >= 4 is 33.6 Å². The van der Waals surface area contributed by atoms with Gasteiger partial charge in [0.25, 0.3) is 0 Å². The van der Waals surface area contributed by atoms with Crippen LogP contribution < -0.4 is 14.4 Å². The lowest BCUT2D eigenvalue weighted by Crippen LogP contribution is -2.65. The molecule has 0 saturated carbocycles. The Morgan fingerprint density at radius 2 is 1.96 bits per heavy atom. The average Bonchev–Trinajstić information content (AvgIpc) is 3.78. The smallest absolute Gasteiger partial charge is 0.410 e. The predicted octanol–water partition coefficient (Wildman–Crippen LogP) is 7.31. The van der Waals surface area contributed by atoms with Gasteiger partial charge in [0.05, 0.1) is 35.6 Å². The van der Waals surface area contributed by atoms with Crippen LogP contribution in [0.2, 0.25) is 0 Å². The van der Waals surface area contributed by atoms with Gasteiger partial charge in [0, 0.05) is 24.0 Å². The third-order valence-corrected chi connectivity index (χ3v) is 11.9. The van der Waals surface area contributed by atoms with Crippen LogP contribution in [0.5, 0.6) is 11.9 Å². The van der Waals surface area contributed by atoms with Crippen molar-refractivity contribution in [3.05, 3.63) is 59.4 Å². The van der Waals surface area contributed by atoms with E-state index in [0.717, 1.165) is 25.9 Å². The monoisotopic (exact) mass is 738 g/mol. The van der Waals surface area contributed by atoms with Crippen molar-refractivity contribution < 1.29 is 32.2 Å². The van der Waals surface area contributed by atoms with Gasteiger partial charge >= 0.3 is 12.1 Å². The number of halogens is 3. The summed E-state index contributed by atoms with van der Waals surface area (Å²) in [6.07, 6.45) is 9.19. The second-order valence-electron chi connectivity index (χ2n) is 16.1. The van der Waals surface area contributed by atoms with Crippen LogP contribution in [0, 0.1) is 24.0 Å². The minimum atomic E-state index is -0.780. The summed E-state index contributed by atoms with van der Waals surface area (Å²) >= 11 is 0. The van der Waals surface area contributed by atoms with E-state index in [1.165, 1.54) is 6.07 Å². The zero-order chi connectivity index (χ0) is 37.7. The van der Waals surface area contributed by atoms with Crippen LogP contribution in [0.4, 0.5) is 23.8 Å². The third kappa shape index (κ3) is 5.20. The van der Waals surface area contributed by atoms with E-state index in [-0.39, 0.29) is 58.3 Å². The number of fused-ring (bicyclic) bond motifs is 7. The molecule has 2 bridgehead atoms. The van der Waals surface area contributed by atoms with Gasteiger partial charge in [-0.1, -0.05) is 30.2 Å². The van der Waals surface area contributed by atoms with Crippen molar-refractivity contribution in [1.82, 2.24) is 24.8 Å². The second kappa shape index (κ2) is 12.5. The molecule has 4 aromatic rings. The number of anilines is 1. The molecule has 5 atom stereocenters. The molecule has 4 fully saturated rings. The minimum absolute atomic E-state index is 0.0130. The Morgan fingerprint density at radius 3 is 2.74 bits per heavy atom. The molecule has 0 N–H and O–H groups in total. The fourth-order valence-electron chi connectivity index (χ4n) is 9.66. The molecule has 2 aromatic carbocycles. The molecular weight excluding hydrogens is 697 g/mol. The van der Waals surface area contributed by atoms with Gasteiger partial charge in [0.15, 0.2) is 5.82 Å². The van der Waals surface area contributed by atoms with Crippen molar-refractivity contribution in [2.75, 3.05) is 31.1 Å². The number of hydrogen-bond acceptors (Lipinski definition) is 9. The summed E-state index contributed by atoms with van der Waals surface area (Å²) in [6.45, 7) is 9.44. The van der Waals surface area contributed by atoms with E-state index in [0.29, 0.717) is 54.3 Å². The van der Waals surface area contributed by atoms with Crippen molar-refractivity contribution in [1.29, 1.82) is 0 Å². The number of amides is 1. The molecule has 9 rings (SSSR count). The number of benzene rings is 2. The number of carbonyl (C=O) groups excluding carboxylic acids is 1. The maximum absolute atomic E-state index is 17.4.